The molecule has 0 radical (unpaired) electrons. The first-order chi connectivity index (χ1) is 13.3. The van der Waals surface area contributed by atoms with Crippen molar-refractivity contribution in [2.24, 2.45) is 46.2 Å². The summed E-state index contributed by atoms with van der Waals surface area (Å²) in [6.45, 7) is 7.93. The van der Waals surface area contributed by atoms with Crippen LogP contribution < -0.4 is 5.73 Å². The molecule has 0 spiro atoms. The second-order valence-electron chi connectivity index (χ2n) is 10.9. The van der Waals surface area contributed by atoms with Crippen molar-refractivity contribution in [3.63, 3.8) is 0 Å². The third kappa shape index (κ3) is 2.96. The molecule has 4 rings (SSSR count). The van der Waals surface area contributed by atoms with Crippen LogP contribution in [-0.4, -0.2) is 29.8 Å². The average Bonchev–Trinajstić information content (AvgIpc) is 3.03. The highest BCUT2D eigenvalue weighted by Crippen LogP contribution is 2.68. The van der Waals surface area contributed by atoms with Crippen molar-refractivity contribution >= 4 is 5.91 Å². The molecular formula is C24H41NO3. The lowest BCUT2D eigenvalue weighted by molar-refractivity contribution is -0.173. The lowest BCUT2D eigenvalue weighted by atomic mass is 9.42. The SMILES string of the molecule is CCOC[C@@]1(O)CCC2(CC)[C@H](CC[C@@H]3[C@@H]2CC[C@]2(C)[C@@H](C(N)=O)CC[C@@H]32)C1. The fraction of sp³-hybridized carbons (Fsp3) is 0.958. The van der Waals surface area contributed by atoms with Gasteiger partial charge in [0.05, 0.1) is 12.2 Å². The highest BCUT2D eigenvalue weighted by Gasteiger charge is 2.62. The predicted octanol–water partition coefficient (Wildman–Crippen LogP) is 4.29. The van der Waals surface area contributed by atoms with Crippen LogP contribution in [0.4, 0.5) is 0 Å². The third-order valence-electron chi connectivity index (χ3n) is 10.1. The number of amides is 1. The van der Waals surface area contributed by atoms with Crippen molar-refractivity contribution in [1.29, 1.82) is 0 Å². The number of hydrogen-bond acceptors (Lipinski definition) is 3. The molecule has 4 saturated carbocycles. The number of fused-ring (bicyclic) bond motifs is 5. The number of carbonyl (C=O) groups is 1. The first-order valence-electron chi connectivity index (χ1n) is 11.9. The molecule has 160 valence electrons. The Morgan fingerprint density at radius 1 is 1.07 bits per heavy atom. The van der Waals surface area contributed by atoms with Gasteiger partial charge in [0.25, 0.3) is 0 Å². The fourth-order valence-corrected chi connectivity index (χ4v) is 8.73. The zero-order valence-electron chi connectivity index (χ0n) is 18.2. The topological polar surface area (TPSA) is 72.6 Å². The molecule has 0 saturated heterocycles. The molecule has 0 aliphatic heterocycles. The molecule has 3 N–H and O–H groups in total. The summed E-state index contributed by atoms with van der Waals surface area (Å²) in [5, 5.41) is 11.2. The second-order valence-corrected chi connectivity index (χ2v) is 10.9. The zero-order chi connectivity index (χ0) is 20.2. The summed E-state index contributed by atoms with van der Waals surface area (Å²) in [7, 11) is 0. The van der Waals surface area contributed by atoms with E-state index in [2.05, 4.69) is 13.8 Å². The average molecular weight is 392 g/mol. The smallest absolute Gasteiger partial charge is 0.221 e. The quantitative estimate of drug-likeness (QED) is 0.734. The Labute approximate surface area is 171 Å². The maximum atomic E-state index is 12.1. The van der Waals surface area contributed by atoms with Crippen LogP contribution in [0.5, 0.6) is 0 Å². The summed E-state index contributed by atoms with van der Waals surface area (Å²) in [6.07, 6.45) is 11.3. The van der Waals surface area contributed by atoms with Crippen LogP contribution in [0.25, 0.3) is 0 Å². The van der Waals surface area contributed by atoms with Crippen LogP contribution in [0.3, 0.4) is 0 Å². The van der Waals surface area contributed by atoms with E-state index >= 15 is 0 Å². The van der Waals surface area contributed by atoms with E-state index in [9.17, 15) is 9.90 Å². The summed E-state index contributed by atoms with van der Waals surface area (Å²) in [4.78, 5) is 12.1. The largest absolute Gasteiger partial charge is 0.387 e. The highest BCUT2D eigenvalue weighted by atomic mass is 16.5. The minimum Gasteiger partial charge on any atom is -0.387 e. The first kappa shape index (κ1) is 20.7. The van der Waals surface area contributed by atoms with Gasteiger partial charge in [-0.1, -0.05) is 13.8 Å². The summed E-state index contributed by atoms with van der Waals surface area (Å²) in [5.41, 5.74) is 5.69. The fourth-order valence-electron chi connectivity index (χ4n) is 8.73. The van der Waals surface area contributed by atoms with Crippen LogP contribution in [0.1, 0.15) is 85.0 Å². The molecule has 4 aliphatic rings. The van der Waals surface area contributed by atoms with Crippen LogP contribution in [-0.2, 0) is 9.53 Å². The molecule has 0 aromatic rings. The maximum Gasteiger partial charge on any atom is 0.221 e. The summed E-state index contributed by atoms with van der Waals surface area (Å²) in [6, 6.07) is 0. The zero-order valence-corrected chi connectivity index (χ0v) is 18.2. The van der Waals surface area contributed by atoms with Gasteiger partial charge in [0.15, 0.2) is 0 Å². The Bertz CT molecular complexity index is 609. The molecule has 4 aliphatic carbocycles. The molecule has 8 atom stereocenters. The Morgan fingerprint density at radius 3 is 2.54 bits per heavy atom. The Hall–Kier alpha value is -0.610. The van der Waals surface area contributed by atoms with Crippen molar-refractivity contribution in [3.05, 3.63) is 0 Å². The lowest BCUT2D eigenvalue weighted by Crippen LogP contribution is -2.58. The van der Waals surface area contributed by atoms with E-state index in [4.69, 9.17) is 10.5 Å². The normalized spacial score (nSPS) is 50.5. The van der Waals surface area contributed by atoms with E-state index < -0.39 is 5.60 Å². The van der Waals surface area contributed by atoms with Gasteiger partial charge in [-0.15, -0.1) is 0 Å². The van der Waals surface area contributed by atoms with E-state index in [0.29, 0.717) is 30.5 Å². The van der Waals surface area contributed by atoms with Crippen molar-refractivity contribution < 1.29 is 14.6 Å². The van der Waals surface area contributed by atoms with Gasteiger partial charge in [0.1, 0.15) is 0 Å². The minimum absolute atomic E-state index is 0.0685. The van der Waals surface area contributed by atoms with Gasteiger partial charge in [-0.25, -0.2) is 0 Å². The molecule has 0 aromatic heterocycles. The second kappa shape index (κ2) is 7.27. The standard InChI is InChI=1S/C24H41NO3/c1-4-24-13-12-23(27,15-28-5-2)14-16(24)6-7-17-18-8-9-20(21(25)26)22(18,3)11-10-19(17)24/h16-20,27H,4-15H2,1-3H3,(H2,25,26)/t16-,17+,18+,19+,20-,22+,23-,24?/m1/s1. The summed E-state index contributed by atoms with van der Waals surface area (Å²) < 4.78 is 5.64. The van der Waals surface area contributed by atoms with Crippen LogP contribution in [0, 0.1) is 40.4 Å². The summed E-state index contributed by atoms with van der Waals surface area (Å²) >= 11 is 0. The molecule has 1 amide bonds. The van der Waals surface area contributed by atoms with E-state index in [1.807, 2.05) is 6.92 Å². The van der Waals surface area contributed by atoms with Gasteiger partial charge in [-0.2, -0.15) is 0 Å². The van der Waals surface area contributed by atoms with E-state index in [0.717, 1.165) is 43.9 Å². The molecule has 0 bridgehead atoms. The van der Waals surface area contributed by atoms with Crippen molar-refractivity contribution in [2.75, 3.05) is 13.2 Å². The Morgan fingerprint density at radius 2 is 1.86 bits per heavy atom. The molecule has 4 heteroatoms. The van der Waals surface area contributed by atoms with E-state index in [-0.39, 0.29) is 17.2 Å². The van der Waals surface area contributed by atoms with E-state index in [1.54, 1.807) is 0 Å². The molecule has 1 unspecified atom stereocenters. The predicted molar refractivity (Wildman–Crippen MR) is 110 cm³/mol. The highest BCUT2D eigenvalue weighted by molar-refractivity contribution is 5.78. The van der Waals surface area contributed by atoms with Gasteiger partial charge < -0.3 is 15.6 Å². The third-order valence-corrected chi connectivity index (χ3v) is 10.1. The minimum atomic E-state index is -0.625. The number of hydrogen-bond donors (Lipinski definition) is 2. The van der Waals surface area contributed by atoms with Gasteiger partial charge in [0, 0.05) is 12.5 Å². The monoisotopic (exact) mass is 391 g/mol. The van der Waals surface area contributed by atoms with Gasteiger partial charge in [-0.3, -0.25) is 4.79 Å². The van der Waals surface area contributed by atoms with Crippen LogP contribution >= 0.6 is 0 Å². The molecule has 0 aromatic carbocycles. The first-order valence-corrected chi connectivity index (χ1v) is 11.9. The number of primary amides is 1. The van der Waals surface area contributed by atoms with Crippen molar-refractivity contribution in [2.45, 2.75) is 90.6 Å². The molecule has 4 fully saturated rings. The molecule has 0 heterocycles. The van der Waals surface area contributed by atoms with Crippen molar-refractivity contribution in [3.8, 4) is 0 Å². The van der Waals surface area contributed by atoms with Gasteiger partial charge in [0.2, 0.25) is 5.91 Å². The van der Waals surface area contributed by atoms with Crippen LogP contribution in [0.15, 0.2) is 0 Å². The number of ether oxygens (including phenoxy) is 1. The van der Waals surface area contributed by atoms with Gasteiger partial charge >= 0.3 is 0 Å². The summed E-state index contributed by atoms with van der Waals surface area (Å²) in [5.74, 6) is 2.81. The number of nitrogens with two attached hydrogens (primary N) is 1. The lowest BCUT2D eigenvalue weighted by Gasteiger charge is -2.63. The van der Waals surface area contributed by atoms with Gasteiger partial charge in [-0.05, 0) is 106 Å². The maximum absolute atomic E-state index is 12.1. The Kier molecular flexibility index (Phi) is 5.36. The number of carbonyl (C=O) groups excluding carboxylic acids is 1. The molecule has 4 nitrogen and oxygen atoms in total. The van der Waals surface area contributed by atoms with E-state index in [1.165, 1.54) is 32.1 Å². The number of aliphatic hydroxyl groups is 1. The Balaban J connectivity index is 1.57. The molecule has 28 heavy (non-hydrogen) atoms. The van der Waals surface area contributed by atoms with Crippen LogP contribution in [0.2, 0.25) is 0 Å². The molecular weight excluding hydrogens is 350 g/mol. The van der Waals surface area contributed by atoms with Crippen molar-refractivity contribution in [1.82, 2.24) is 0 Å². The number of rotatable bonds is 5.